The van der Waals surface area contributed by atoms with Gasteiger partial charge in [-0.3, -0.25) is 9.59 Å². The molecule has 1 unspecified atom stereocenters. The first-order valence-corrected chi connectivity index (χ1v) is 12.8. The van der Waals surface area contributed by atoms with Gasteiger partial charge in [-0.1, -0.05) is 51.3 Å². The van der Waals surface area contributed by atoms with Crippen LogP contribution in [-0.2, 0) is 9.59 Å². The molecule has 1 aliphatic carbocycles. The predicted octanol–water partition coefficient (Wildman–Crippen LogP) is 4.83. The molecule has 1 aromatic carbocycles. The second kappa shape index (κ2) is 12.4. The average Bonchev–Trinajstić information content (AvgIpc) is 2.81. The Balaban J connectivity index is 0.000000968. The molecule has 6 nitrogen and oxygen atoms in total. The van der Waals surface area contributed by atoms with E-state index in [-0.39, 0.29) is 23.9 Å². The largest absolute Gasteiger partial charge is 0.487 e. The number of nitrogens with zero attached hydrogens (tertiary/aromatic N) is 1. The van der Waals surface area contributed by atoms with Gasteiger partial charge in [0.05, 0.1) is 0 Å². The minimum absolute atomic E-state index is 0.0968. The lowest BCUT2D eigenvalue weighted by atomic mass is 9.76. The van der Waals surface area contributed by atoms with Crippen LogP contribution in [0.25, 0.3) is 0 Å². The van der Waals surface area contributed by atoms with Crippen LogP contribution in [0, 0.1) is 11.8 Å². The number of likely N-dealkylation sites (tertiary alicyclic amines) is 1. The number of carboxylic acid groups (broad SMARTS) is 1. The third-order valence-electron chi connectivity index (χ3n) is 7.45. The Kier molecular flexibility index (Phi) is 9.60. The van der Waals surface area contributed by atoms with Crippen molar-refractivity contribution in [1.82, 2.24) is 10.2 Å². The summed E-state index contributed by atoms with van der Waals surface area (Å²) in [7, 11) is 0. The Hall–Kier alpha value is -2.08. The number of amides is 1. The van der Waals surface area contributed by atoms with E-state index in [0.29, 0.717) is 12.3 Å². The van der Waals surface area contributed by atoms with Crippen molar-refractivity contribution in [2.75, 3.05) is 26.2 Å². The van der Waals surface area contributed by atoms with E-state index in [9.17, 15) is 4.79 Å². The fourth-order valence-electron chi connectivity index (χ4n) is 5.72. The highest BCUT2D eigenvalue weighted by Crippen LogP contribution is 2.46. The zero-order chi connectivity index (χ0) is 23.7. The summed E-state index contributed by atoms with van der Waals surface area (Å²) in [6.07, 6.45) is 10.8. The Labute approximate surface area is 199 Å². The predicted molar refractivity (Wildman–Crippen MR) is 131 cm³/mol. The van der Waals surface area contributed by atoms with Crippen molar-refractivity contribution in [2.24, 2.45) is 11.8 Å². The summed E-state index contributed by atoms with van der Waals surface area (Å²) >= 11 is 0. The Morgan fingerprint density at radius 3 is 2.55 bits per heavy atom. The third-order valence-corrected chi connectivity index (χ3v) is 7.45. The molecule has 1 spiro atoms. The summed E-state index contributed by atoms with van der Waals surface area (Å²) in [6, 6.07) is 8.39. The maximum absolute atomic E-state index is 12.6. The number of hydrogen-bond donors (Lipinski definition) is 2. The molecule has 33 heavy (non-hydrogen) atoms. The lowest BCUT2D eigenvalue weighted by Gasteiger charge is -2.47. The normalized spacial score (nSPS) is 22.6. The quantitative estimate of drug-likeness (QED) is 0.597. The molecule has 184 valence electrons. The van der Waals surface area contributed by atoms with Crippen molar-refractivity contribution < 1.29 is 19.4 Å². The first-order chi connectivity index (χ1) is 15.9. The smallest absolute Gasteiger partial charge is 0.290 e. The molecule has 1 saturated heterocycles. The molecule has 2 N–H and O–H groups in total. The number of carbonyl (C=O) groups excluding carboxylic acids is 1. The minimum Gasteiger partial charge on any atom is -0.487 e. The molecule has 1 atom stereocenters. The monoisotopic (exact) mass is 458 g/mol. The highest BCUT2D eigenvalue weighted by molar-refractivity contribution is 5.77. The van der Waals surface area contributed by atoms with Crippen LogP contribution in [-0.4, -0.2) is 54.2 Å². The number of hydrogen-bond acceptors (Lipinski definition) is 4. The van der Waals surface area contributed by atoms with E-state index in [0.717, 1.165) is 50.6 Å². The second-order valence-corrected chi connectivity index (χ2v) is 10.5. The molecule has 4 rings (SSSR count). The van der Waals surface area contributed by atoms with Crippen molar-refractivity contribution in [2.45, 2.75) is 83.2 Å². The highest BCUT2D eigenvalue weighted by Gasteiger charge is 2.43. The lowest BCUT2D eigenvalue weighted by Crippen LogP contribution is -2.51. The van der Waals surface area contributed by atoms with Crippen LogP contribution in [0.4, 0.5) is 0 Å². The number of rotatable bonds is 6. The minimum atomic E-state index is -0.250. The zero-order valence-electron chi connectivity index (χ0n) is 20.4. The van der Waals surface area contributed by atoms with E-state index in [1.165, 1.54) is 44.2 Å². The van der Waals surface area contributed by atoms with Gasteiger partial charge in [0.15, 0.2) is 0 Å². The molecule has 2 aliphatic heterocycles. The Morgan fingerprint density at radius 1 is 1.21 bits per heavy atom. The summed E-state index contributed by atoms with van der Waals surface area (Å²) < 4.78 is 6.65. The number of para-hydroxylation sites is 1. The van der Waals surface area contributed by atoms with Gasteiger partial charge in [0.2, 0.25) is 5.91 Å². The number of carbonyl (C=O) groups is 2. The summed E-state index contributed by atoms with van der Waals surface area (Å²) in [5, 5.41) is 10.0. The summed E-state index contributed by atoms with van der Waals surface area (Å²) in [5.41, 5.74) is 1.12. The van der Waals surface area contributed by atoms with Crippen molar-refractivity contribution >= 4 is 12.4 Å². The first kappa shape index (κ1) is 25.5. The fourth-order valence-corrected chi connectivity index (χ4v) is 5.72. The van der Waals surface area contributed by atoms with Gasteiger partial charge >= 0.3 is 0 Å². The maximum atomic E-state index is 12.6. The lowest BCUT2D eigenvalue weighted by molar-refractivity contribution is -0.123. The van der Waals surface area contributed by atoms with Gasteiger partial charge in [-0.05, 0) is 55.6 Å². The van der Waals surface area contributed by atoms with E-state index >= 15 is 0 Å². The van der Waals surface area contributed by atoms with E-state index < -0.39 is 0 Å². The Bertz CT molecular complexity index is 752. The molecule has 0 aromatic heterocycles. The van der Waals surface area contributed by atoms with E-state index in [4.69, 9.17) is 14.6 Å². The van der Waals surface area contributed by atoms with E-state index in [2.05, 4.69) is 48.3 Å². The topological polar surface area (TPSA) is 78.9 Å². The van der Waals surface area contributed by atoms with Crippen LogP contribution in [0.15, 0.2) is 24.3 Å². The highest BCUT2D eigenvalue weighted by atomic mass is 16.5. The number of piperidine rings is 1. The van der Waals surface area contributed by atoms with Gasteiger partial charge in [-0.2, -0.15) is 0 Å². The molecule has 3 aliphatic rings. The van der Waals surface area contributed by atoms with Gasteiger partial charge in [-0.15, -0.1) is 0 Å². The van der Waals surface area contributed by atoms with Crippen LogP contribution in [0.3, 0.4) is 0 Å². The molecule has 2 fully saturated rings. The van der Waals surface area contributed by atoms with Crippen molar-refractivity contribution in [1.29, 1.82) is 0 Å². The van der Waals surface area contributed by atoms with Crippen LogP contribution in [0.1, 0.15) is 83.1 Å². The molecule has 1 amide bonds. The van der Waals surface area contributed by atoms with Gasteiger partial charge in [0.25, 0.3) is 6.47 Å². The molecule has 1 saturated carbocycles. The van der Waals surface area contributed by atoms with Gasteiger partial charge < -0.3 is 20.1 Å². The average molecular weight is 459 g/mol. The Morgan fingerprint density at radius 2 is 1.88 bits per heavy atom. The number of benzene rings is 1. The van der Waals surface area contributed by atoms with Crippen LogP contribution in [0.5, 0.6) is 5.75 Å². The van der Waals surface area contributed by atoms with Crippen molar-refractivity contribution in [3.05, 3.63) is 29.8 Å². The number of fused-ring (bicyclic) bond motifs is 1. The molecule has 6 heteroatoms. The number of ether oxygens (including phenoxy) is 1. The van der Waals surface area contributed by atoms with Gasteiger partial charge in [-0.25, -0.2) is 0 Å². The van der Waals surface area contributed by atoms with Crippen LogP contribution < -0.4 is 10.1 Å². The SMILES string of the molecule is CC(C)CNC(=O)CC1CC2(CCN(CC3CCCCC3)CC2)Oc2ccccc21.O=CO. The van der Waals surface area contributed by atoms with Crippen molar-refractivity contribution in [3.8, 4) is 5.75 Å². The summed E-state index contributed by atoms with van der Waals surface area (Å²) in [6.45, 7) is 8.31. The van der Waals surface area contributed by atoms with Gasteiger partial charge in [0, 0.05) is 38.5 Å². The van der Waals surface area contributed by atoms with Crippen LogP contribution in [0.2, 0.25) is 0 Å². The first-order valence-electron chi connectivity index (χ1n) is 12.8. The van der Waals surface area contributed by atoms with E-state index in [1.807, 2.05) is 0 Å². The summed E-state index contributed by atoms with van der Waals surface area (Å²) in [5.74, 6) is 2.82. The second-order valence-electron chi connectivity index (χ2n) is 10.5. The number of nitrogens with one attached hydrogen (secondary N) is 1. The molecular formula is C27H42N2O4. The van der Waals surface area contributed by atoms with Crippen LogP contribution >= 0.6 is 0 Å². The standard InChI is InChI=1S/C26H40N2O2.CH2O2/c1-20(2)18-27-25(29)16-22-17-26(30-24-11-7-6-10-23(22)24)12-14-28(15-13-26)19-21-8-4-3-5-9-21;2-1-3/h6-7,10-11,20-22H,3-5,8-9,12-19H2,1-2H3,(H,27,29);1H,(H,2,3). The molecule has 2 heterocycles. The molecule has 0 radical (unpaired) electrons. The van der Waals surface area contributed by atoms with Gasteiger partial charge in [0.1, 0.15) is 11.4 Å². The maximum Gasteiger partial charge on any atom is 0.290 e. The third kappa shape index (κ3) is 7.46. The summed E-state index contributed by atoms with van der Waals surface area (Å²) in [4.78, 5) is 23.6. The van der Waals surface area contributed by atoms with E-state index in [1.54, 1.807) is 0 Å². The molecule has 1 aromatic rings. The fraction of sp³-hybridized carbons (Fsp3) is 0.704. The zero-order valence-corrected chi connectivity index (χ0v) is 20.4. The molecule has 0 bridgehead atoms. The molecular weight excluding hydrogens is 416 g/mol. The van der Waals surface area contributed by atoms with Crippen molar-refractivity contribution in [3.63, 3.8) is 0 Å².